The molecule has 0 aliphatic heterocycles. The summed E-state index contributed by atoms with van der Waals surface area (Å²) >= 11 is 0. The third-order valence-corrected chi connectivity index (χ3v) is 4.40. The van der Waals surface area contributed by atoms with Crippen molar-refractivity contribution in [2.45, 2.75) is 38.1 Å². The predicted molar refractivity (Wildman–Crippen MR) is 67.4 cm³/mol. The van der Waals surface area contributed by atoms with E-state index in [-0.39, 0.29) is 0 Å². The molecule has 2 saturated carbocycles. The summed E-state index contributed by atoms with van der Waals surface area (Å²) in [5, 5.41) is 3.76. The molecule has 0 heterocycles. The number of fused-ring (bicyclic) bond motifs is 2. The van der Waals surface area contributed by atoms with Crippen LogP contribution in [0.5, 0.6) is 0 Å². The molecule has 0 spiro atoms. The van der Waals surface area contributed by atoms with E-state index < -0.39 is 0 Å². The molecule has 2 aliphatic rings. The largest absolute Gasteiger partial charge is 0.313 e. The lowest BCUT2D eigenvalue weighted by atomic mass is 9.95. The molecule has 2 aliphatic carbocycles. The maximum atomic E-state index is 3.76. The first kappa shape index (κ1) is 10.3. The van der Waals surface area contributed by atoms with Crippen LogP contribution in [0, 0.1) is 11.8 Å². The van der Waals surface area contributed by atoms with Crippen molar-refractivity contribution in [1.82, 2.24) is 5.32 Å². The Kier molecular flexibility index (Phi) is 2.96. The Hall–Kier alpha value is -0.820. The highest BCUT2D eigenvalue weighted by Gasteiger charge is 2.38. The summed E-state index contributed by atoms with van der Waals surface area (Å²) in [5.74, 6) is 2.06. The second-order valence-electron chi connectivity index (χ2n) is 5.47. The molecular weight excluding hydrogens is 194 g/mol. The first-order valence-corrected chi connectivity index (χ1v) is 6.69. The third kappa shape index (κ3) is 2.15. The van der Waals surface area contributed by atoms with Crippen molar-refractivity contribution in [2.75, 3.05) is 6.54 Å². The first-order chi connectivity index (χ1) is 7.92. The van der Waals surface area contributed by atoms with Gasteiger partial charge in [-0.05, 0) is 49.6 Å². The van der Waals surface area contributed by atoms with Crippen LogP contribution < -0.4 is 5.32 Å². The zero-order chi connectivity index (χ0) is 10.8. The number of rotatable bonds is 4. The van der Waals surface area contributed by atoms with E-state index in [9.17, 15) is 0 Å². The van der Waals surface area contributed by atoms with Gasteiger partial charge < -0.3 is 5.32 Å². The van der Waals surface area contributed by atoms with Gasteiger partial charge in [0.2, 0.25) is 0 Å². The van der Waals surface area contributed by atoms with Crippen LogP contribution in [-0.4, -0.2) is 12.6 Å². The van der Waals surface area contributed by atoms with Crippen molar-refractivity contribution in [2.24, 2.45) is 11.8 Å². The van der Waals surface area contributed by atoms with Gasteiger partial charge in [-0.15, -0.1) is 0 Å². The fraction of sp³-hybridized carbons (Fsp3) is 0.600. The lowest BCUT2D eigenvalue weighted by Crippen LogP contribution is -2.35. The van der Waals surface area contributed by atoms with Gasteiger partial charge in [-0.2, -0.15) is 0 Å². The molecule has 16 heavy (non-hydrogen) atoms. The summed E-state index contributed by atoms with van der Waals surface area (Å²) in [6, 6.07) is 11.6. The van der Waals surface area contributed by atoms with Crippen LogP contribution in [0.4, 0.5) is 0 Å². The standard InChI is InChI=1S/C15H21N/c1-2-4-12(5-3-1)8-9-16-15-11-13-6-7-14(15)10-13/h1-5,13-16H,6-11H2/t13-,14+,15?/m1/s1. The molecule has 1 aromatic rings. The summed E-state index contributed by atoms with van der Waals surface area (Å²) in [6.07, 6.45) is 7.10. The molecule has 86 valence electrons. The fourth-order valence-corrected chi connectivity index (χ4v) is 3.54. The van der Waals surface area contributed by atoms with E-state index >= 15 is 0 Å². The molecular formula is C15H21N. The summed E-state index contributed by atoms with van der Waals surface area (Å²) in [4.78, 5) is 0. The van der Waals surface area contributed by atoms with Gasteiger partial charge >= 0.3 is 0 Å². The Morgan fingerprint density at radius 3 is 2.62 bits per heavy atom. The van der Waals surface area contributed by atoms with E-state index in [0.29, 0.717) is 0 Å². The Balaban J connectivity index is 1.44. The van der Waals surface area contributed by atoms with E-state index in [1.807, 2.05) is 0 Å². The minimum Gasteiger partial charge on any atom is -0.313 e. The van der Waals surface area contributed by atoms with Crippen LogP contribution in [0.3, 0.4) is 0 Å². The Labute approximate surface area is 98.3 Å². The summed E-state index contributed by atoms with van der Waals surface area (Å²) in [6.45, 7) is 1.15. The molecule has 1 unspecified atom stereocenters. The van der Waals surface area contributed by atoms with Crippen LogP contribution in [0.1, 0.15) is 31.2 Å². The number of nitrogens with one attached hydrogen (secondary N) is 1. The van der Waals surface area contributed by atoms with E-state index in [1.165, 1.54) is 37.7 Å². The van der Waals surface area contributed by atoms with Gasteiger partial charge in [0, 0.05) is 6.04 Å². The lowest BCUT2D eigenvalue weighted by molar-refractivity contribution is 0.354. The molecule has 1 N–H and O–H groups in total. The summed E-state index contributed by atoms with van der Waals surface area (Å²) < 4.78 is 0. The van der Waals surface area contributed by atoms with Crippen molar-refractivity contribution < 1.29 is 0 Å². The van der Waals surface area contributed by atoms with Crippen LogP contribution in [0.15, 0.2) is 30.3 Å². The van der Waals surface area contributed by atoms with Crippen LogP contribution in [0.25, 0.3) is 0 Å². The first-order valence-electron chi connectivity index (χ1n) is 6.69. The normalized spacial score (nSPS) is 32.1. The second-order valence-corrected chi connectivity index (χ2v) is 5.47. The van der Waals surface area contributed by atoms with E-state index in [0.717, 1.165) is 24.4 Å². The average molecular weight is 215 g/mol. The monoisotopic (exact) mass is 215 g/mol. The summed E-state index contributed by atoms with van der Waals surface area (Å²) in [5.41, 5.74) is 1.46. The van der Waals surface area contributed by atoms with Crippen LogP contribution in [-0.2, 0) is 6.42 Å². The van der Waals surface area contributed by atoms with Crippen molar-refractivity contribution in [1.29, 1.82) is 0 Å². The molecule has 1 aromatic carbocycles. The molecule has 2 fully saturated rings. The topological polar surface area (TPSA) is 12.0 Å². The quantitative estimate of drug-likeness (QED) is 0.814. The predicted octanol–water partition coefficient (Wildman–Crippen LogP) is 3.01. The average Bonchev–Trinajstić information content (AvgIpc) is 2.92. The number of hydrogen-bond donors (Lipinski definition) is 1. The molecule has 3 atom stereocenters. The van der Waals surface area contributed by atoms with Crippen LogP contribution in [0.2, 0.25) is 0 Å². The minimum atomic E-state index is 0.836. The SMILES string of the molecule is c1ccc(CCNC2C[C@@H]3CC[C@H]2C3)cc1. The van der Waals surface area contributed by atoms with E-state index in [2.05, 4.69) is 35.6 Å². The highest BCUT2D eigenvalue weighted by atomic mass is 14.9. The smallest absolute Gasteiger partial charge is 0.00981 e. The van der Waals surface area contributed by atoms with E-state index in [4.69, 9.17) is 0 Å². The Morgan fingerprint density at radius 1 is 1.06 bits per heavy atom. The van der Waals surface area contributed by atoms with Crippen molar-refractivity contribution in [3.05, 3.63) is 35.9 Å². The maximum Gasteiger partial charge on any atom is 0.00981 e. The molecule has 2 bridgehead atoms. The van der Waals surface area contributed by atoms with Gasteiger partial charge in [0.15, 0.2) is 0 Å². The molecule has 0 radical (unpaired) electrons. The molecule has 1 heteroatoms. The molecule has 0 amide bonds. The molecule has 0 aromatic heterocycles. The zero-order valence-electron chi connectivity index (χ0n) is 9.86. The highest BCUT2D eigenvalue weighted by molar-refractivity contribution is 5.14. The number of benzene rings is 1. The zero-order valence-corrected chi connectivity index (χ0v) is 9.86. The minimum absolute atomic E-state index is 0.836. The Morgan fingerprint density at radius 2 is 1.94 bits per heavy atom. The van der Waals surface area contributed by atoms with Gasteiger partial charge in [-0.1, -0.05) is 36.8 Å². The molecule has 1 nitrogen and oxygen atoms in total. The second kappa shape index (κ2) is 4.58. The van der Waals surface area contributed by atoms with Gasteiger partial charge in [0.05, 0.1) is 0 Å². The highest BCUT2D eigenvalue weighted by Crippen LogP contribution is 2.44. The van der Waals surface area contributed by atoms with Crippen molar-refractivity contribution >= 4 is 0 Å². The van der Waals surface area contributed by atoms with Crippen molar-refractivity contribution in [3.63, 3.8) is 0 Å². The van der Waals surface area contributed by atoms with Crippen LogP contribution >= 0.6 is 0 Å². The molecule has 3 rings (SSSR count). The Bertz CT molecular complexity index is 333. The number of hydrogen-bond acceptors (Lipinski definition) is 1. The summed E-state index contributed by atoms with van der Waals surface area (Å²) in [7, 11) is 0. The van der Waals surface area contributed by atoms with Gasteiger partial charge in [0.25, 0.3) is 0 Å². The van der Waals surface area contributed by atoms with Gasteiger partial charge in [0.1, 0.15) is 0 Å². The lowest BCUT2D eigenvalue weighted by Gasteiger charge is -2.22. The van der Waals surface area contributed by atoms with Crippen molar-refractivity contribution in [3.8, 4) is 0 Å². The van der Waals surface area contributed by atoms with Gasteiger partial charge in [-0.25, -0.2) is 0 Å². The maximum absolute atomic E-state index is 3.76. The van der Waals surface area contributed by atoms with Gasteiger partial charge in [-0.3, -0.25) is 0 Å². The van der Waals surface area contributed by atoms with E-state index in [1.54, 1.807) is 0 Å². The third-order valence-electron chi connectivity index (χ3n) is 4.40. The fourth-order valence-electron chi connectivity index (χ4n) is 3.54. The molecule has 0 saturated heterocycles.